The molecule has 0 spiro atoms. The molecule has 0 fully saturated rings. The summed E-state index contributed by atoms with van der Waals surface area (Å²) < 4.78 is 1.88. The summed E-state index contributed by atoms with van der Waals surface area (Å²) in [6.45, 7) is 3.48. The minimum Gasteiger partial charge on any atom is -0.351 e. The number of nitrogens with one attached hydrogen (secondary N) is 2. The highest BCUT2D eigenvalue weighted by Crippen LogP contribution is 2.17. The number of pyridine rings is 1. The molecule has 0 unspecified atom stereocenters. The second kappa shape index (κ2) is 6.00. The van der Waals surface area contributed by atoms with E-state index in [4.69, 9.17) is 0 Å². The predicted molar refractivity (Wildman–Crippen MR) is 88.4 cm³/mol. The lowest BCUT2D eigenvalue weighted by atomic mass is 10.2. The number of carbonyl (C=O) groups is 2. The third-order valence-corrected chi connectivity index (χ3v) is 4.11. The number of nitrogens with zero attached hydrogens (tertiary/aromatic N) is 5. The molecule has 0 saturated heterocycles. The zero-order valence-electron chi connectivity index (χ0n) is 13.7. The van der Waals surface area contributed by atoms with Gasteiger partial charge in [0.1, 0.15) is 0 Å². The van der Waals surface area contributed by atoms with Crippen molar-refractivity contribution >= 4 is 23.0 Å². The molecular formula is C16H17N7O2. The van der Waals surface area contributed by atoms with Crippen LogP contribution in [0.1, 0.15) is 28.9 Å². The van der Waals surface area contributed by atoms with E-state index in [9.17, 15) is 9.59 Å². The highest BCUT2D eigenvalue weighted by molar-refractivity contribution is 5.93. The first-order valence-corrected chi connectivity index (χ1v) is 8.00. The van der Waals surface area contributed by atoms with Crippen molar-refractivity contribution < 1.29 is 9.59 Å². The van der Waals surface area contributed by atoms with Crippen LogP contribution in [0.15, 0.2) is 24.4 Å². The van der Waals surface area contributed by atoms with Crippen molar-refractivity contribution in [3.63, 3.8) is 0 Å². The Balaban J connectivity index is 1.51. The van der Waals surface area contributed by atoms with Crippen LogP contribution >= 0.6 is 0 Å². The van der Waals surface area contributed by atoms with Gasteiger partial charge in [-0.15, -0.1) is 0 Å². The van der Waals surface area contributed by atoms with E-state index in [1.54, 1.807) is 17.2 Å². The second-order valence-electron chi connectivity index (χ2n) is 5.95. The summed E-state index contributed by atoms with van der Waals surface area (Å²) in [5.41, 5.74) is 3.00. The molecule has 1 aliphatic heterocycles. The van der Waals surface area contributed by atoms with Crippen molar-refractivity contribution in [3.05, 3.63) is 41.6 Å². The van der Waals surface area contributed by atoms with Gasteiger partial charge in [-0.2, -0.15) is 5.10 Å². The molecule has 0 bridgehead atoms. The number of carbonyl (C=O) groups excluding carboxylic acids is 2. The summed E-state index contributed by atoms with van der Waals surface area (Å²) in [6.07, 6.45) is 1.65. The van der Waals surface area contributed by atoms with E-state index in [1.807, 2.05) is 16.8 Å². The number of fused-ring (bicyclic) bond motifs is 2. The van der Waals surface area contributed by atoms with Crippen LogP contribution in [0.5, 0.6) is 0 Å². The molecule has 4 rings (SSSR count). The Bertz CT molecular complexity index is 925. The maximum atomic E-state index is 12.7. The Morgan fingerprint density at radius 3 is 3.04 bits per heavy atom. The average molecular weight is 339 g/mol. The van der Waals surface area contributed by atoms with Gasteiger partial charge in [-0.25, -0.2) is 9.97 Å². The molecule has 0 atom stereocenters. The number of aromatic amines is 1. The van der Waals surface area contributed by atoms with Crippen LogP contribution in [0, 0.1) is 0 Å². The molecule has 25 heavy (non-hydrogen) atoms. The van der Waals surface area contributed by atoms with Crippen molar-refractivity contribution in [2.75, 3.05) is 6.54 Å². The van der Waals surface area contributed by atoms with Gasteiger partial charge >= 0.3 is 0 Å². The first-order chi connectivity index (χ1) is 12.1. The Morgan fingerprint density at radius 2 is 2.24 bits per heavy atom. The molecular weight excluding hydrogens is 322 g/mol. The standard InChI is InChI=1S/C16H17N7O2/c1-10(24)18-8-11-7-12-9-22(5-6-23(12)21-11)16(25)15-19-13-3-2-4-17-14(13)20-15/h2-4,7H,5-6,8-9H2,1H3,(H,18,24)(H,17,19,20). The number of H-pyrrole nitrogens is 1. The fraction of sp³-hybridized carbons (Fsp3) is 0.312. The number of aromatic nitrogens is 5. The van der Waals surface area contributed by atoms with E-state index >= 15 is 0 Å². The van der Waals surface area contributed by atoms with Gasteiger partial charge in [-0.3, -0.25) is 14.3 Å². The summed E-state index contributed by atoms with van der Waals surface area (Å²) in [5.74, 6) is 0.0373. The van der Waals surface area contributed by atoms with Gasteiger partial charge in [0.05, 0.1) is 36.5 Å². The summed E-state index contributed by atoms with van der Waals surface area (Å²) >= 11 is 0. The van der Waals surface area contributed by atoms with E-state index < -0.39 is 0 Å². The number of hydrogen-bond acceptors (Lipinski definition) is 5. The Hall–Kier alpha value is -3.23. The minimum absolute atomic E-state index is 0.0960. The van der Waals surface area contributed by atoms with Crippen LogP contribution in [0.4, 0.5) is 0 Å². The van der Waals surface area contributed by atoms with E-state index in [0.29, 0.717) is 37.7 Å². The Labute approximate surface area is 143 Å². The number of rotatable bonds is 3. The monoisotopic (exact) mass is 339 g/mol. The van der Waals surface area contributed by atoms with Crippen LogP contribution in [0.25, 0.3) is 11.2 Å². The predicted octanol–water partition coefficient (Wildman–Crippen LogP) is 0.446. The van der Waals surface area contributed by atoms with Crippen LogP contribution < -0.4 is 5.32 Å². The molecule has 4 heterocycles. The first-order valence-electron chi connectivity index (χ1n) is 8.00. The maximum Gasteiger partial charge on any atom is 0.290 e. The van der Waals surface area contributed by atoms with Gasteiger partial charge in [0.15, 0.2) is 11.5 Å². The third-order valence-electron chi connectivity index (χ3n) is 4.11. The minimum atomic E-state index is -0.158. The Morgan fingerprint density at radius 1 is 1.36 bits per heavy atom. The Kier molecular flexibility index (Phi) is 3.68. The normalized spacial score (nSPS) is 13.7. The van der Waals surface area contributed by atoms with Crippen LogP contribution in [-0.2, 0) is 24.4 Å². The van der Waals surface area contributed by atoms with Crippen molar-refractivity contribution in [2.24, 2.45) is 0 Å². The van der Waals surface area contributed by atoms with Gasteiger partial charge in [-0.1, -0.05) is 0 Å². The summed E-state index contributed by atoms with van der Waals surface area (Å²) in [6, 6.07) is 5.55. The van der Waals surface area contributed by atoms with Crippen molar-refractivity contribution in [2.45, 2.75) is 26.6 Å². The smallest absolute Gasteiger partial charge is 0.290 e. The average Bonchev–Trinajstić information content (AvgIpc) is 3.22. The lowest BCUT2D eigenvalue weighted by Gasteiger charge is -2.26. The van der Waals surface area contributed by atoms with Crippen molar-refractivity contribution in [1.82, 2.24) is 34.9 Å². The summed E-state index contributed by atoms with van der Waals surface area (Å²) in [4.78, 5) is 36.9. The SMILES string of the molecule is CC(=O)NCc1cc2n(n1)CCN(C(=O)c1nc3ncccc3[nH]1)C2. The fourth-order valence-electron chi connectivity index (χ4n) is 2.90. The van der Waals surface area contributed by atoms with E-state index in [2.05, 4.69) is 25.4 Å². The lowest BCUT2D eigenvalue weighted by molar-refractivity contribution is -0.119. The van der Waals surface area contributed by atoms with Gasteiger partial charge in [0.25, 0.3) is 5.91 Å². The van der Waals surface area contributed by atoms with Crippen LogP contribution in [0.3, 0.4) is 0 Å². The molecule has 2 amide bonds. The van der Waals surface area contributed by atoms with Crippen LogP contribution in [0.2, 0.25) is 0 Å². The second-order valence-corrected chi connectivity index (χ2v) is 5.95. The van der Waals surface area contributed by atoms with E-state index in [1.165, 1.54) is 6.92 Å². The zero-order chi connectivity index (χ0) is 17.4. The molecule has 0 aromatic carbocycles. The fourth-order valence-corrected chi connectivity index (χ4v) is 2.90. The summed E-state index contributed by atoms with van der Waals surface area (Å²) in [7, 11) is 0. The molecule has 3 aromatic heterocycles. The van der Waals surface area contributed by atoms with Gasteiger partial charge in [-0.05, 0) is 18.2 Å². The molecule has 0 radical (unpaired) electrons. The highest BCUT2D eigenvalue weighted by atomic mass is 16.2. The topological polar surface area (TPSA) is 109 Å². The molecule has 128 valence electrons. The van der Waals surface area contributed by atoms with Gasteiger partial charge < -0.3 is 15.2 Å². The molecule has 9 heteroatoms. The number of amides is 2. The molecule has 0 saturated carbocycles. The quantitative estimate of drug-likeness (QED) is 0.720. The van der Waals surface area contributed by atoms with Gasteiger partial charge in [0, 0.05) is 19.7 Å². The third kappa shape index (κ3) is 2.95. The molecule has 2 N–H and O–H groups in total. The van der Waals surface area contributed by atoms with Crippen molar-refractivity contribution in [1.29, 1.82) is 0 Å². The first kappa shape index (κ1) is 15.3. The van der Waals surface area contributed by atoms with Crippen LogP contribution in [-0.4, -0.2) is 48.0 Å². The largest absolute Gasteiger partial charge is 0.351 e. The number of hydrogen-bond donors (Lipinski definition) is 2. The van der Waals surface area contributed by atoms with E-state index in [0.717, 1.165) is 16.9 Å². The van der Waals surface area contributed by atoms with Crippen molar-refractivity contribution in [3.8, 4) is 0 Å². The molecule has 9 nitrogen and oxygen atoms in total. The lowest BCUT2D eigenvalue weighted by Crippen LogP contribution is -2.38. The molecule has 1 aliphatic rings. The summed E-state index contributed by atoms with van der Waals surface area (Å²) in [5, 5.41) is 7.18. The molecule has 0 aliphatic carbocycles. The zero-order valence-corrected chi connectivity index (χ0v) is 13.7. The number of imidazole rings is 1. The molecule has 3 aromatic rings. The van der Waals surface area contributed by atoms with Gasteiger partial charge in [0.2, 0.25) is 5.91 Å². The maximum absolute atomic E-state index is 12.7. The van der Waals surface area contributed by atoms with E-state index in [-0.39, 0.29) is 11.8 Å². The highest BCUT2D eigenvalue weighted by Gasteiger charge is 2.25.